The zero-order valence-electron chi connectivity index (χ0n) is 28.4. The maximum Gasteiger partial charge on any atom is 0.338 e. The summed E-state index contributed by atoms with van der Waals surface area (Å²) < 4.78 is 20.5. The highest BCUT2D eigenvalue weighted by Gasteiger charge is 2.58. The molecule has 7 nitrogen and oxygen atoms in total. The fraction of sp³-hybridized carbons (Fsp3) is 0.400. The molecule has 0 saturated heterocycles. The van der Waals surface area contributed by atoms with Gasteiger partial charge in [-0.1, -0.05) is 87.6 Å². The molecule has 2 aliphatic carbocycles. The first-order valence-electron chi connectivity index (χ1n) is 16.8. The van der Waals surface area contributed by atoms with Crippen molar-refractivity contribution >= 4 is 71.5 Å². The third-order valence-electron chi connectivity index (χ3n) is 10.0. The molecule has 50 heavy (non-hydrogen) atoms. The molecule has 0 unspecified atom stereocenters. The number of hydrogen-bond acceptors (Lipinski definition) is 7. The van der Waals surface area contributed by atoms with E-state index in [2.05, 4.69) is 80.7 Å². The molecule has 2 aliphatic rings. The number of ketones is 1. The molecule has 0 spiro atoms. The van der Waals surface area contributed by atoms with Gasteiger partial charge in [0.05, 0.1) is 23.3 Å². The second-order valence-electron chi connectivity index (χ2n) is 13.9. The van der Waals surface area contributed by atoms with Crippen molar-refractivity contribution in [3.8, 4) is 0 Å². The Morgan fingerprint density at radius 3 is 1.72 bits per heavy atom. The highest BCUT2D eigenvalue weighted by atomic mass is 79.9. The number of benzene rings is 3. The molecular weight excluding hydrogens is 832 g/mol. The number of carbonyl (C=O) groups is 4. The van der Waals surface area contributed by atoms with Gasteiger partial charge in [-0.25, -0.2) is 14.4 Å². The van der Waals surface area contributed by atoms with Crippen molar-refractivity contribution in [2.45, 2.75) is 59.2 Å². The Kier molecular flexibility index (Phi) is 12.6. The van der Waals surface area contributed by atoms with Gasteiger partial charge in [-0.15, -0.1) is 0 Å². The third-order valence-corrected chi connectivity index (χ3v) is 11.6. The van der Waals surface area contributed by atoms with E-state index < -0.39 is 41.4 Å². The lowest BCUT2D eigenvalue weighted by molar-refractivity contribution is -0.153. The summed E-state index contributed by atoms with van der Waals surface area (Å²) in [6, 6.07) is 20.7. The van der Waals surface area contributed by atoms with Gasteiger partial charge in [0, 0.05) is 31.2 Å². The Morgan fingerprint density at radius 2 is 1.22 bits per heavy atom. The molecule has 0 amide bonds. The van der Waals surface area contributed by atoms with E-state index in [-0.39, 0.29) is 36.6 Å². The van der Waals surface area contributed by atoms with E-state index in [4.69, 9.17) is 14.2 Å². The number of halogens is 3. The van der Waals surface area contributed by atoms with Crippen LogP contribution in [-0.2, 0) is 19.0 Å². The average Bonchev–Trinajstić information content (AvgIpc) is 3.07. The Balaban J connectivity index is 1.45. The lowest BCUT2D eigenvalue weighted by Crippen LogP contribution is -2.59. The molecule has 0 radical (unpaired) electrons. The summed E-state index contributed by atoms with van der Waals surface area (Å²) in [5.41, 5.74) is 0.293. The Bertz CT molecular complexity index is 1720. The van der Waals surface area contributed by atoms with Gasteiger partial charge in [-0.05, 0) is 109 Å². The molecule has 3 aromatic carbocycles. The van der Waals surface area contributed by atoms with E-state index in [0.29, 0.717) is 29.0 Å². The second kappa shape index (κ2) is 16.5. The fourth-order valence-corrected chi connectivity index (χ4v) is 8.44. The van der Waals surface area contributed by atoms with Gasteiger partial charge in [-0.3, -0.25) is 4.79 Å². The van der Waals surface area contributed by atoms with Crippen LogP contribution >= 0.6 is 47.8 Å². The number of esters is 3. The van der Waals surface area contributed by atoms with Crippen LogP contribution in [0.2, 0.25) is 0 Å². The van der Waals surface area contributed by atoms with E-state index in [0.717, 1.165) is 19.8 Å². The lowest BCUT2D eigenvalue weighted by Gasteiger charge is -2.55. The third kappa shape index (κ3) is 8.68. The number of Topliss-reactive ketones (excluding diaryl/α,β-unsaturated/α-hetero) is 1. The summed E-state index contributed by atoms with van der Waals surface area (Å²) in [7, 11) is 0. The van der Waals surface area contributed by atoms with Crippen LogP contribution < -0.4 is 0 Å². The molecule has 3 aromatic rings. The monoisotopic (exact) mass is 870 g/mol. The number of allylic oxidation sites excluding steroid dienone is 1. The molecular formula is C40H41Br3O7. The van der Waals surface area contributed by atoms with E-state index in [9.17, 15) is 19.2 Å². The van der Waals surface area contributed by atoms with E-state index in [1.165, 1.54) is 0 Å². The second-order valence-corrected chi connectivity index (χ2v) is 16.6. The van der Waals surface area contributed by atoms with Gasteiger partial charge in [0.15, 0.2) is 0 Å². The van der Waals surface area contributed by atoms with Crippen LogP contribution in [0.5, 0.6) is 0 Å². The maximum atomic E-state index is 14.5. The van der Waals surface area contributed by atoms with Crippen molar-refractivity contribution in [1.29, 1.82) is 0 Å². The van der Waals surface area contributed by atoms with Gasteiger partial charge >= 0.3 is 17.9 Å². The normalized spacial score (nSPS) is 25.8. The number of rotatable bonds is 11. The van der Waals surface area contributed by atoms with E-state index in [1.807, 2.05) is 6.92 Å². The van der Waals surface area contributed by atoms with Crippen molar-refractivity contribution < 1.29 is 33.4 Å². The quantitative estimate of drug-likeness (QED) is 0.108. The van der Waals surface area contributed by atoms with Gasteiger partial charge in [0.1, 0.15) is 18.0 Å². The molecule has 1 fully saturated rings. The Labute approximate surface area is 318 Å². The summed E-state index contributed by atoms with van der Waals surface area (Å²) in [6.07, 6.45) is 3.77. The zero-order valence-corrected chi connectivity index (χ0v) is 33.2. The highest BCUT2D eigenvalue weighted by molar-refractivity contribution is 9.11. The Morgan fingerprint density at radius 1 is 0.740 bits per heavy atom. The van der Waals surface area contributed by atoms with Crippen LogP contribution in [-0.4, -0.2) is 42.5 Å². The highest BCUT2D eigenvalue weighted by Crippen LogP contribution is 2.56. The fourth-order valence-electron chi connectivity index (χ4n) is 7.65. The molecule has 7 atom stereocenters. The SMILES string of the molecule is CC(C)C[C@H]1C=C[C@H]2[C@H](OC(=O)c3ccc(Br)cc3)[C@H](OC(=O)c3ccc(Br)cc3)C[C@@H](C)[C@@H]2[C@@]1(C)C(=O)CCOC(=O)c1ccc(Br)cc1. The minimum atomic E-state index is -0.865. The van der Waals surface area contributed by atoms with Crippen molar-refractivity contribution in [2.75, 3.05) is 6.61 Å². The first-order valence-corrected chi connectivity index (χ1v) is 19.2. The topological polar surface area (TPSA) is 96.0 Å². The van der Waals surface area contributed by atoms with Crippen molar-refractivity contribution in [1.82, 2.24) is 0 Å². The summed E-state index contributed by atoms with van der Waals surface area (Å²) in [6.45, 7) is 8.31. The van der Waals surface area contributed by atoms with Crippen LogP contribution in [0.4, 0.5) is 0 Å². The number of carbonyl (C=O) groups excluding carboxylic acids is 4. The van der Waals surface area contributed by atoms with Crippen molar-refractivity contribution in [3.63, 3.8) is 0 Å². The number of ether oxygens (including phenoxy) is 3. The summed E-state index contributed by atoms with van der Waals surface area (Å²) in [5, 5.41) is 0. The molecule has 0 aromatic heterocycles. The van der Waals surface area contributed by atoms with Crippen LogP contribution in [0.25, 0.3) is 0 Å². The molecule has 0 N–H and O–H groups in total. The standard InChI is InChI=1S/C40H41Br3O7/c1-23(2)21-28-11-18-32-35(40(28,4)34(44)19-20-48-37(45)25-5-12-29(41)13-6-25)24(3)22-33(49-38(46)26-7-14-30(42)15-8-26)36(32)50-39(47)27-9-16-31(43)17-10-27/h5-18,23-24,28,32-33,35-36H,19-22H2,1-4H3/t24-,28-,32-,33-,35+,36+,40-/m1/s1. The Hall–Kier alpha value is -3.08. The smallest absolute Gasteiger partial charge is 0.338 e. The predicted molar refractivity (Wildman–Crippen MR) is 202 cm³/mol. The minimum Gasteiger partial charge on any atom is -0.462 e. The predicted octanol–water partition coefficient (Wildman–Crippen LogP) is 10.1. The van der Waals surface area contributed by atoms with Crippen LogP contribution in [0.3, 0.4) is 0 Å². The summed E-state index contributed by atoms with van der Waals surface area (Å²) >= 11 is 10.2. The average molecular weight is 873 g/mol. The molecule has 264 valence electrons. The largest absolute Gasteiger partial charge is 0.462 e. The molecule has 1 saturated carbocycles. The first-order chi connectivity index (χ1) is 23.8. The van der Waals surface area contributed by atoms with Gasteiger partial charge < -0.3 is 14.2 Å². The zero-order chi connectivity index (χ0) is 36.2. The van der Waals surface area contributed by atoms with E-state index in [1.54, 1.807) is 72.8 Å². The molecule has 0 heterocycles. The number of fused-ring (bicyclic) bond motifs is 1. The lowest BCUT2D eigenvalue weighted by atomic mass is 9.50. The van der Waals surface area contributed by atoms with Gasteiger partial charge in [-0.2, -0.15) is 0 Å². The first kappa shape index (κ1) is 38.2. The van der Waals surface area contributed by atoms with Crippen molar-refractivity contribution in [2.24, 2.45) is 35.0 Å². The summed E-state index contributed by atoms with van der Waals surface area (Å²) in [4.78, 5) is 54.3. The van der Waals surface area contributed by atoms with E-state index >= 15 is 0 Å². The van der Waals surface area contributed by atoms with Crippen LogP contribution in [0, 0.1) is 35.0 Å². The number of hydrogen-bond donors (Lipinski definition) is 0. The van der Waals surface area contributed by atoms with Crippen molar-refractivity contribution in [3.05, 3.63) is 115 Å². The molecule has 5 rings (SSSR count). The molecule has 10 heteroatoms. The van der Waals surface area contributed by atoms with Gasteiger partial charge in [0.2, 0.25) is 0 Å². The van der Waals surface area contributed by atoms with Crippen LogP contribution in [0.15, 0.2) is 98.4 Å². The van der Waals surface area contributed by atoms with Crippen LogP contribution in [0.1, 0.15) is 78.0 Å². The van der Waals surface area contributed by atoms with Gasteiger partial charge in [0.25, 0.3) is 0 Å². The minimum absolute atomic E-state index is 0.0127. The summed E-state index contributed by atoms with van der Waals surface area (Å²) in [5.74, 6) is -2.06. The molecule has 0 aliphatic heterocycles. The maximum absolute atomic E-state index is 14.5. The molecule has 0 bridgehead atoms.